The number of aryl methyl sites for hydroxylation is 1. The van der Waals surface area contributed by atoms with Gasteiger partial charge in [0.1, 0.15) is 5.82 Å². The minimum Gasteiger partial charge on any atom is -0.368 e. The van der Waals surface area contributed by atoms with Gasteiger partial charge in [-0.25, -0.2) is 4.98 Å². The highest BCUT2D eigenvalue weighted by molar-refractivity contribution is 9.10. The van der Waals surface area contributed by atoms with Gasteiger partial charge in [0.05, 0.1) is 0 Å². The first kappa shape index (κ1) is 14.7. The average molecular weight is 330 g/mol. The lowest BCUT2D eigenvalue weighted by Gasteiger charge is -2.10. The van der Waals surface area contributed by atoms with E-state index in [2.05, 4.69) is 31.2 Å². The second-order valence-electron chi connectivity index (χ2n) is 3.79. The molecule has 2 aromatic rings. The molecule has 18 heavy (non-hydrogen) atoms. The summed E-state index contributed by atoms with van der Waals surface area (Å²) in [5, 5.41) is 3.23. The highest BCUT2D eigenvalue weighted by Gasteiger charge is 2.04. The molecule has 0 radical (unpaired) electrons. The summed E-state index contributed by atoms with van der Waals surface area (Å²) in [7, 11) is 0. The van der Waals surface area contributed by atoms with E-state index in [1.165, 1.54) is 0 Å². The zero-order valence-electron chi connectivity index (χ0n) is 10.1. The zero-order chi connectivity index (χ0) is 12.4. The normalized spacial score (nSPS) is 9.72. The number of nitrogens with zero attached hydrogens (tertiary/aromatic N) is 2. The lowest BCUT2D eigenvalue weighted by molar-refractivity contribution is 1.12. The van der Waals surface area contributed by atoms with Crippen molar-refractivity contribution in [2.75, 3.05) is 11.1 Å². The SMILES string of the molecule is Cc1cc(Nc2cccc(Br)c2C)nc(N)n1.Cl. The van der Waals surface area contributed by atoms with Crippen LogP contribution in [0.5, 0.6) is 0 Å². The Balaban J connectivity index is 0.00000162. The van der Waals surface area contributed by atoms with Crippen molar-refractivity contribution < 1.29 is 0 Å². The first-order chi connectivity index (χ1) is 8.06. The van der Waals surface area contributed by atoms with Crippen LogP contribution < -0.4 is 11.1 Å². The fourth-order valence-electron chi connectivity index (χ4n) is 1.54. The van der Waals surface area contributed by atoms with E-state index in [4.69, 9.17) is 5.73 Å². The Morgan fingerprint density at radius 3 is 2.61 bits per heavy atom. The molecule has 0 aliphatic carbocycles. The average Bonchev–Trinajstić information content (AvgIpc) is 2.23. The van der Waals surface area contributed by atoms with Gasteiger partial charge in [-0.2, -0.15) is 4.98 Å². The highest BCUT2D eigenvalue weighted by atomic mass is 79.9. The Morgan fingerprint density at radius 2 is 1.94 bits per heavy atom. The van der Waals surface area contributed by atoms with E-state index < -0.39 is 0 Å². The molecule has 4 nitrogen and oxygen atoms in total. The topological polar surface area (TPSA) is 63.8 Å². The third-order valence-corrected chi connectivity index (χ3v) is 3.26. The maximum absolute atomic E-state index is 5.61. The molecule has 3 N–H and O–H groups in total. The quantitative estimate of drug-likeness (QED) is 0.883. The van der Waals surface area contributed by atoms with Gasteiger partial charge in [0.25, 0.3) is 0 Å². The van der Waals surface area contributed by atoms with Gasteiger partial charge in [0.15, 0.2) is 0 Å². The molecule has 0 amide bonds. The summed E-state index contributed by atoms with van der Waals surface area (Å²) in [5.41, 5.74) is 8.57. The lowest BCUT2D eigenvalue weighted by Crippen LogP contribution is -2.02. The molecule has 96 valence electrons. The van der Waals surface area contributed by atoms with E-state index in [0.717, 1.165) is 21.4 Å². The Labute approximate surface area is 121 Å². The maximum Gasteiger partial charge on any atom is 0.222 e. The molecule has 0 aliphatic rings. The summed E-state index contributed by atoms with van der Waals surface area (Å²) in [6.07, 6.45) is 0. The number of anilines is 3. The number of nitrogens with one attached hydrogen (secondary N) is 1. The van der Waals surface area contributed by atoms with Crippen LogP contribution in [0.4, 0.5) is 17.5 Å². The third kappa shape index (κ3) is 3.34. The van der Waals surface area contributed by atoms with Crippen LogP contribution in [0.15, 0.2) is 28.7 Å². The zero-order valence-corrected chi connectivity index (χ0v) is 12.5. The lowest BCUT2D eigenvalue weighted by atomic mass is 10.2. The molecular formula is C12H14BrClN4. The fourth-order valence-corrected chi connectivity index (χ4v) is 1.90. The van der Waals surface area contributed by atoms with Crippen LogP contribution in [0, 0.1) is 13.8 Å². The molecule has 0 aliphatic heterocycles. The largest absolute Gasteiger partial charge is 0.368 e. The number of benzene rings is 1. The minimum absolute atomic E-state index is 0. The molecule has 0 spiro atoms. The minimum atomic E-state index is 0. The number of rotatable bonds is 2. The summed E-state index contributed by atoms with van der Waals surface area (Å²) in [6.45, 7) is 3.92. The summed E-state index contributed by atoms with van der Waals surface area (Å²) >= 11 is 3.49. The van der Waals surface area contributed by atoms with E-state index in [0.29, 0.717) is 5.82 Å². The summed E-state index contributed by atoms with van der Waals surface area (Å²) in [6, 6.07) is 7.82. The van der Waals surface area contributed by atoms with Gasteiger partial charge in [0.2, 0.25) is 5.95 Å². The predicted molar refractivity (Wildman–Crippen MR) is 80.6 cm³/mol. The molecule has 1 aromatic heterocycles. The van der Waals surface area contributed by atoms with Gasteiger partial charge < -0.3 is 11.1 Å². The Morgan fingerprint density at radius 1 is 1.22 bits per heavy atom. The second kappa shape index (κ2) is 6.02. The molecule has 6 heteroatoms. The molecule has 0 unspecified atom stereocenters. The van der Waals surface area contributed by atoms with E-state index in [9.17, 15) is 0 Å². The van der Waals surface area contributed by atoms with Crippen LogP contribution in [0.25, 0.3) is 0 Å². The summed E-state index contributed by atoms with van der Waals surface area (Å²) in [4.78, 5) is 8.17. The standard InChI is InChI=1S/C12H13BrN4.ClH/c1-7-6-11(17-12(14)15-7)16-10-5-3-4-9(13)8(10)2;/h3-6H,1-2H3,(H3,14,15,16,17);1H. The number of hydrogen-bond acceptors (Lipinski definition) is 4. The van der Waals surface area contributed by atoms with Gasteiger partial charge in [-0.15, -0.1) is 12.4 Å². The van der Waals surface area contributed by atoms with Gasteiger partial charge >= 0.3 is 0 Å². The molecule has 0 saturated heterocycles. The second-order valence-corrected chi connectivity index (χ2v) is 4.64. The smallest absolute Gasteiger partial charge is 0.222 e. The van der Waals surface area contributed by atoms with Gasteiger partial charge in [-0.3, -0.25) is 0 Å². The van der Waals surface area contributed by atoms with Gasteiger partial charge in [-0.05, 0) is 31.5 Å². The van der Waals surface area contributed by atoms with Crippen LogP contribution in [0.3, 0.4) is 0 Å². The van der Waals surface area contributed by atoms with Crippen molar-refractivity contribution in [2.45, 2.75) is 13.8 Å². The van der Waals surface area contributed by atoms with Crippen molar-refractivity contribution in [3.8, 4) is 0 Å². The van der Waals surface area contributed by atoms with E-state index in [1.807, 2.05) is 38.1 Å². The molecule has 2 rings (SSSR count). The fraction of sp³-hybridized carbons (Fsp3) is 0.167. The molecule has 1 aromatic carbocycles. The number of halogens is 2. The maximum atomic E-state index is 5.61. The van der Waals surface area contributed by atoms with E-state index in [-0.39, 0.29) is 18.4 Å². The number of nitrogen functional groups attached to an aromatic ring is 1. The molecule has 0 atom stereocenters. The monoisotopic (exact) mass is 328 g/mol. The third-order valence-electron chi connectivity index (χ3n) is 2.40. The van der Waals surface area contributed by atoms with Crippen molar-refractivity contribution in [1.82, 2.24) is 9.97 Å². The van der Waals surface area contributed by atoms with Crippen LogP contribution in [0.2, 0.25) is 0 Å². The van der Waals surface area contributed by atoms with Crippen LogP contribution in [-0.2, 0) is 0 Å². The Bertz CT molecular complexity index is 540. The van der Waals surface area contributed by atoms with Crippen LogP contribution in [0.1, 0.15) is 11.3 Å². The first-order valence-electron chi connectivity index (χ1n) is 5.19. The first-order valence-corrected chi connectivity index (χ1v) is 5.99. The summed E-state index contributed by atoms with van der Waals surface area (Å²) in [5.74, 6) is 0.983. The van der Waals surface area contributed by atoms with Crippen LogP contribution >= 0.6 is 28.3 Å². The van der Waals surface area contributed by atoms with E-state index in [1.54, 1.807) is 0 Å². The van der Waals surface area contributed by atoms with Crippen molar-refractivity contribution >= 4 is 45.8 Å². The van der Waals surface area contributed by atoms with E-state index >= 15 is 0 Å². The Hall–Kier alpha value is -1.33. The molecular weight excluding hydrogens is 316 g/mol. The molecule has 0 saturated carbocycles. The molecule has 0 fully saturated rings. The van der Waals surface area contributed by atoms with Gasteiger partial charge in [0, 0.05) is 21.9 Å². The molecule has 0 bridgehead atoms. The number of nitrogens with two attached hydrogens (primary N) is 1. The highest BCUT2D eigenvalue weighted by Crippen LogP contribution is 2.26. The van der Waals surface area contributed by atoms with Crippen molar-refractivity contribution in [3.05, 3.63) is 40.0 Å². The van der Waals surface area contributed by atoms with Crippen molar-refractivity contribution in [3.63, 3.8) is 0 Å². The van der Waals surface area contributed by atoms with Gasteiger partial charge in [-0.1, -0.05) is 22.0 Å². The molecule has 1 heterocycles. The number of aromatic nitrogens is 2. The number of hydrogen-bond donors (Lipinski definition) is 2. The predicted octanol–water partition coefficient (Wildman–Crippen LogP) is 3.60. The van der Waals surface area contributed by atoms with Crippen LogP contribution in [-0.4, -0.2) is 9.97 Å². The Kier molecular flexibility index (Phi) is 4.93. The summed E-state index contributed by atoms with van der Waals surface area (Å²) < 4.78 is 1.06. The van der Waals surface area contributed by atoms with Crippen molar-refractivity contribution in [2.24, 2.45) is 0 Å². The van der Waals surface area contributed by atoms with Crippen molar-refractivity contribution in [1.29, 1.82) is 0 Å².